The zero-order valence-electron chi connectivity index (χ0n) is 18.5. The van der Waals surface area contributed by atoms with Crippen LogP contribution in [0.2, 0.25) is 0 Å². The summed E-state index contributed by atoms with van der Waals surface area (Å²) in [4.78, 5) is 36.7. The SMILES string of the molecule is CC(C)C[C@@H](NC(=O)[C@@]1(O)C[C@@H](O)[C@H](O)[C@@H](NC(=O)CS(=O)(=O)c2ccccc2)C1)C(N)=O. The summed E-state index contributed by atoms with van der Waals surface area (Å²) >= 11 is 0. The molecule has 1 aliphatic rings. The van der Waals surface area contributed by atoms with E-state index >= 15 is 0 Å². The van der Waals surface area contributed by atoms with Gasteiger partial charge in [-0.2, -0.15) is 0 Å². The number of amides is 3. The third kappa shape index (κ3) is 6.97. The lowest BCUT2D eigenvalue weighted by Crippen LogP contribution is -2.64. The zero-order chi connectivity index (χ0) is 25.0. The van der Waals surface area contributed by atoms with Gasteiger partial charge in [0, 0.05) is 12.8 Å². The van der Waals surface area contributed by atoms with Gasteiger partial charge < -0.3 is 31.7 Å². The van der Waals surface area contributed by atoms with Gasteiger partial charge in [0.25, 0.3) is 5.91 Å². The van der Waals surface area contributed by atoms with E-state index in [0.29, 0.717) is 0 Å². The fraction of sp³-hybridized carbons (Fsp3) is 0.571. The molecule has 0 bridgehead atoms. The molecule has 0 aliphatic heterocycles. The maximum Gasteiger partial charge on any atom is 0.252 e. The highest BCUT2D eigenvalue weighted by Crippen LogP contribution is 2.30. The highest BCUT2D eigenvalue weighted by Gasteiger charge is 2.49. The van der Waals surface area contributed by atoms with E-state index in [2.05, 4.69) is 10.6 Å². The molecule has 1 fully saturated rings. The molecule has 0 heterocycles. The fourth-order valence-corrected chi connectivity index (χ4v) is 4.93. The number of carbonyl (C=O) groups excluding carboxylic acids is 3. The summed E-state index contributed by atoms with van der Waals surface area (Å²) < 4.78 is 24.8. The number of primary amides is 1. The summed E-state index contributed by atoms with van der Waals surface area (Å²) in [6, 6.07) is 4.91. The lowest BCUT2D eigenvalue weighted by molar-refractivity contribution is -0.160. The number of nitrogens with two attached hydrogens (primary N) is 1. The van der Waals surface area contributed by atoms with Crippen molar-refractivity contribution in [2.75, 3.05) is 5.75 Å². The summed E-state index contributed by atoms with van der Waals surface area (Å²) in [5.41, 5.74) is 3.08. The minimum Gasteiger partial charge on any atom is -0.390 e. The number of aliphatic hydroxyl groups excluding tert-OH is 2. The molecule has 184 valence electrons. The van der Waals surface area contributed by atoms with Gasteiger partial charge in [-0.25, -0.2) is 8.42 Å². The van der Waals surface area contributed by atoms with E-state index in [1.165, 1.54) is 24.3 Å². The zero-order valence-corrected chi connectivity index (χ0v) is 19.3. The number of hydrogen-bond acceptors (Lipinski definition) is 8. The largest absolute Gasteiger partial charge is 0.390 e. The topological polar surface area (TPSA) is 196 Å². The lowest BCUT2D eigenvalue weighted by atomic mass is 9.77. The molecule has 0 aromatic heterocycles. The molecule has 7 N–H and O–H groups in total. The molecule has 0 unspecified atom stereocenters. The second-order valence-corrected chi connectivity index (χ2v) is 10.8. The number of hydrogen-bond donors (Lipinski definition) is 6. The van der Waals surface area contributed by atoms with Gasteiger partial charge in [0.05, 0.1) is 17.0 Å². The van der Waals surface area contributed by atoms with Crippen molar-refractivity contribution in [3.63, 3.8) is 0 Å². The summed E-state index contributed by atoms with van der Waals surface area (Å²) in [5, 5.41) is 36.0. The first kappa shape index (κ1) is 26.7. The van der Waals surface area contributed by atoms with Gasteiger partial charge in [-0.05, 0) is 24.5 Å². The van der Waals surface area contributed by atoms with Gasteiger partial charge in [-0.1, -0.05) is 32.0 Å². The summed E-state index contributed by atoms with van der Waals surface area (Å²) in [5.74, 6) is -3.69. The van der Waals surface area contributed by atoms with E-state index in [1.54, 1.807) is 6.07 Å². The Kier molecular flexibility index (Phi) is 8.57. The highest BCUT2D eigenvalue weighted by atomic mass is 32.2. The molecular weight excluding hydrogens is 454 g/mol. The first-order valence-electron chi connectivity index (χ1n) is 10.5. The van der Waals surface area contributed by atoms with Crippen LogP contribution >= 0.6 is 0 Å². The molecule has 0 spiro atoms. The molecule has 1 aromatic rings. The standard InChI is InChI=1S/C21H31N3O8S/c1-12(2)8-14(19(22)28)24-20(29)21(30)9-15(18(27)16(25)10-21)23-17(26)11-33(31,32)13-6-4-3-5-7-13/h3-7,12,14-16,18,25,27,30H,8-11H2,1-2H3,(H2,22,28)(H,23,26)(H,24,29)/t14-,15+,16-,18-,21+/m1/s1. The molecule has 1 aliphatic carbocycles. The van der Waals surface area contributed by atoms with Gasteiger partial charge >= 0.3 is 0 Å². The van der Waals surface area contributed by atoms with E-state index < -0.39 is 76.0 Å². The number of carbonyl (C=O) groups is 3. The van der Waals surface area contributed by atoms with Crippen molar-refractivity contribution in [2.45, 2.75) is 67.9 Å². The molecule has 3 amide bonds. The Morgan fingerprint density at radius 1 is 1.15 bits per heavy atom. The molecular formula is C21H31N3O8S. The quantitative estimate of drug-likeness (QED) is 0.236. The van der Waals surface area contributed by atoms with Crippen LogP contribution in [0.25, 0.3) is 0 Å². The Hall–Kier alpha value is -2.54. The van der Waals surface area contributed by atoms with Crippen LogP contribution in [0.15, 0.2) is 35.2 Å². The Balaban J connectivity index is 2.12. The average Bonchev–Trinajstić information content (AvgIpc) is 2.71. The van der Waals surface area contributed by atoms with Crippen molar-refractivity contribution >= 4 is 27.6 Å². The van der Waals surface area contributed by atoms with Crippen molar-refractivity contribution in [3.8, 4) is 0 Å². The number of aliphatic hydroxyl groups is 3. The molecule has 1 aromatic carbocycles. The van der Waals surface area contributed by atoms with Crippen LogP contribution in [0.1, 0.15) is 33.1 Å². The first-order chi connectivity index (χ1) is 15.2. The van der Waals surface area contributed by atoms with Crippen LogP contribution in [0.4, 0.5) is 0 Å². The maximum absolute atomic E-state index is 12.7. The second-order valence-electron chi connectivity index (χ2n) is 8.80. The highest BCUT2D eigenvalue weighted by molar-refractivity contribution is 7.92. The Morgan fingerprint density at radius 2 is 1.76 bits per heavy atom. The van der Waals surface area contributed by atoms with Gasteiger partial charge in [-0.15, -0.1) is 0 Å². The Morgan fingerprint density at radius 3 is 2.30 bits per heavy atom. The molecule has 5 atom stereocenters. The van der Waals surface area contributed by atoms with Crippen molar-refractivity contribution in [3.05, 3.63) is 30.3 Å². The van der Waals surface area contributed by atoms with Crippen molar-refractivity contribution in [1.29, 1.82) is 0 Å². The van der Waals surface area contributed by atoms with Crippen molar-refractivity contribution < 1.29 is 38.1 Å². The fourth-order valence-electron chi connectivity index (χ4n) is 3.77. The van der Waals surface area contributed by atoms with Crippen LogP contribution in [-0.4, -0.2) is 77.1 Å². The summed E-state index contributed by atoms with van der Waals surface area (Å²) in [6.45, 7) is 3.62. The van der Waals surface area contributed by atoms with Crippen LogP contribution in [0, 0.1) is 5.92 Å². The third-order valence-electron chi connectivity index (χ3n) is 5.46. The molecule has 12 heteroatoms. The minimum absolute atomic E-state index is 0.00908. The molecule has 1 saturated carbocycles. The summed E-state index contributed by atoms with van der Waals surface area (Å²) in [7, 11) is -3.97. The van der Waals surface area contributed by atoms with Crippen LogP contribution < -0.4 is 16.4 Å². The third-order valence-corrected chi connectivity index (χ3v) is 7.09. The number of sulfone groups is 1. The predicted octanol–water partition coefficient (Wildman–Crippen LogP) is -1.79. The lowest BCUT2D eigenvalue weighted by Gasteiger charge is -2.41. The van der Waals surface area contributed by atoms with Gasteiger partial charge in [0.15, 0.2) is 9.84 Å². The maximum atomic E-state index is 12.7. The summed E-state index contributed by atoms with van der Waals surface area (Å²) in [6.07, 6.45) is -3.99. The van der Waals surface area contributed by atoms with E-state index in [9.17, 15) is 38.1 Å². The van der Waals surface area contributed by atoms with Crippen LogP contribution in [0.3, 0.4) is 0 Å². The van der Waals surface area contributed by atoms with Crippen LogP contribution in [-0.2, 0) is 24.2 Å². The molecule has 11 nitrogen and oxygen atoms in total. The number of nitrogens with one attached hydrogen (secondary N) is 2. The van der Waals surface area contributed by atoms with E-state index in [1.807, 2.05) is 13.8 Å². The molecule has 0 saturated heterocycles. The molecule has 0 radical (unpaired) electrons. The number of benzene rings is 1. The number of rotatable bonds is 9. The predicted molar refractivity (Wildman–Crippen MR) is 117 cm³/mol. The van der Waals surface area contributed by atoms with E-state index in [0.717, 1.165) is 0 Å². The Labute approximate surface area is 192 Å². The average molecular weight is 486 g/mol. The molecule has 33 heavy (non-hydrogen) atoms. The van der Waals surface area contributed by atoms with Crippen LogP contribution in [0.5, 0.6) is 0 Å². The van der Waals surface area contributed by atoms with E-state index in [4.69, 9.17) is 5.73 Å². The van der Waals surface area contributed by atoms with Gasteiger partial charge in [0.1, 0.15) is 23.5 Å². The van der Waals surface area contributed by atoms with Gasteiger partial charge in [-0.3, -0.25) is 14.4 Å². The molecule has 2 rings (SSSR count). The van der Waals surface area contributed by atoms with Crippen molar-refractivity contribution in [1.82, 2.24) is 10.6 Å². The smallest absolute Gasteiger partial charge is 0.252 e. The van der Waals surface area contributed by atoms with Gasteiger partial charge in [0.2, 0.25) is 11.8 Å². The second kappa shape index (κ2) is 10.6. The first-order valence-corrected chi connectivity index (χ1v) is 12.2. The van der Waals surface area contributed by atoms with E-state index in [-0.39, 0.29) is 17.2 Å². The van der Waals surface area contributed by atoms with Crippen molar-refractivity contribution in [2.24, 2.45) is 11.7 Å². The minimum atomic E-state index is -3.97. The monoisotopic (exact) mass is 485 g/mol. The Bertz CT molecular complexity index is 969. The normalized spacial score (nSPS) is 26.4.